The van der Waals surface area contributed by atoms with Crippen LogP contribution < -0.4 is 9.47 Å². The van der Waals surface area contributed by atoms with Gasteiger partial charge in [0.15, 0.2) is 11.5 Å². The Morgan fingerprint density at radius 3 is 2.44 bits per heavy atom. The number of carbonyl (C=O) groups excluding carboxylic acids is 2. The number of ether oxygens (including phenoxy) is 2. The average Bonchev–Trinajstić information content (AvgIpc) is 3.44. The zero-order chi connectivity index (χ0) is 21.9. The second-order valence-corrected chi connectivity index (χ2v) is 10.9. The van der Waals surface area contributed by atoms with Crippen LogP contribution in [0.1, 0.15) is 63.9 Å². The Labute approximate surface area is 190 Å². The number of likely N-dealkylation sites (N-methyl/N-ethyl adjacent to an activating group) is 1. The molecule has 4 aliphatic carbocycles. The third-order valence-electron chi connectivity index (χ3n) is 8.79. The number of fused-ring (bicyclic) bond motifs is 1. The van der Waals surface area contributed by atoms with Crippen LogP contribution in [0.15, 0.2) is 18.2 Å². The summed E-state index contributed by atoms with van der Waals surface area (Å²) < 4.78 is 10.9. The Bertz CT molecular complexity index is 893. The van der Waals surface area contributed by atoms with Crippen LogP contribution in [-0.4, -0.2) is 47.5 Å². The van der Waals surface area contributed by atoms with Crippen LogP contribution >= 0.6 is 0 Å². The summed E-state index contributed by atoms with van der Waals surface area (Å²) in [6.45, 7) is 4.16. The molecule has 1 unspecified atom stereocenters. The molecule has 6 nitrogen and oxygen atoms in total. The summed E-state index contributed by atoms with van der Waals surface area (Å²) in [7, 11) is 0. The molecule has 2 amide bonds. The molecular weight excluding hydrogens is 404 g/mol. The van der Waals surface area contributed by atoms with Gasteiger partial charge in [0, 0.05) is 19.6 Å². The van der Waals surface area contributed by atoms with Crippen molar-refractivity contribution < 1.29 is 19.1 Å². The van der Waals surface area contributed by atoms with Gasteiger partial charge in [-0.3, -0.25) is 9.59 Å². The number of rotatable bonds is 5. The molecule has 172 valence electrons. The average molecular weight is 439 g/mol. The SMILES string of the molecule is CCN(Cc1ccc2c(c1)OCO2)C(=O)C1CCCN1C(=O)C12CC3CC(CC(C3)C1)C2. The Hall–Kier alpha value is -2.24. The van der Waals surface area contributed by atoms with Gasteiger partial charge in [-0.1, -0.05) is 6.07 Å². The summed E-state index contributed by atoms with van der Waals surface area (Å²) in [6, 6.07) is 5.57. The molecular formula is C26H34N2O4. The van der Waals surface area contributed by atoms with Gasteiger partial charge < -0.3 is 19.3 Å². The second-order valence-electron chi connectivity index (χ2n) is 10.9. The highest BCUT2D eigenvalue weighted by molar-refractivity contribution is 5.91. The molecule has 5 fully saturated rings. The number of hydrogen-bond donors (Lipinski definition) is 0. The Morgan fingerprint density at radius 2 is 1.75 bits per heavy atom. The van der Waals surface area contributed by atoms with Crippen LogP contribution in [0.25, 0.3) is 0 Å². The lowest BCUT2D eigenvalue weighted by atomic mass is 9.49. The molecule has 0 N–H and O–H groups in total. The molecule has 0 aromatic heterocycles. The summed E-state index contributed by atoms with van der Waals surface area (Å²) in [5, 5.41) is 0. The third kappa shape index (κ3) is 3.29. The van der Waals surface area contributed by atoms with E-state index < -0.39 is 0 Å². The Balaban J connectivity index is 1.19. The number of hydrogen-bond acceptors (Lipinski definition) is 4. The smallest absolute Gasteiger partial charge is 0.245 e. The van der Waals surface area contributed by atoms with E-state index in [0.717, 1.165) is 73.5 Å². The van der Waals surface area contributed by atoms with Crippen LogP contribution in [0.5, 0.6) is 11.5 Å². The quantitative estimate of drug-likeness (QED) is 0.698. The predicted molar refractivity (Wildman–Crippen MR) is 119 cm³/mol. The van der Waals surface area contributed by atoms with Gasteiger partial charge in [0.05, 0.1) is 5.41 Å². The number of carbonyl (C=O) groups is 2. The first-order valence-electron chi connectivity index (χ1n) is 12.5. The minimum atomic E-state index is -0.301. The molecule has 32 heavy (non-hydrogen) atoms. The van der Waals surface area contributed by atoms with Gasteiger partial charge in [-0.2, -0.15) is 0 Å². The summed E-state index contributed by atoms with van der Waals surface area (Å²) >= 11 is 0. The van der Waals surface area contributed by atoms with Gasteiger partial charge in [-0.25, -0.2) is 0 Å². The minimum absolute atomic E-state index is 0.0979. The van der Waals surface area contributed by atoms with E-state index in [-0.39, 0.29) is 24.2 Å². The molecule has 4 saturated carbocycles. The fourth-order valence-corrected chi connectivity index (χ4v) is 7.76. The monoisotopic (exact) mass is 438 g/mol. The van der Waals surface area contributed by atoms with E-state index in [1.165, 1.54) is 19.3 Å². The number of benzene rings is 1. The molecule has 0 radical (unpaired) electrons. The maximum Gasteiger partial charge on any atom is 0.245 e. The molecule has 1 saturated heterocycles. The van der Waals surface area contributed by atoms with Crippen molar-refractivity contribution in [3.8, 4) is 11.5 Å². The highest BCUT2D eigenvalue weighted by atomic mass is 16.7. The van der Waals surface area contributed by atoms with Crippen molar-refractivity contribution in [1.82, 2.24) is 9.80 Å². The highest BCUT2D eigenvalue weighted by Gasteiger charge is 2.57. The highest BCUT2D eigenvalue weighted by Crippen LogP contribution is 2.60. The van der Waals surface area contributed by atoms with Gasteiger partial charge in [-0.15, -0.1) is 0 Å². The van der Waals surface area contributed by atoms with Crippen molar-refractivity contribution in [3.63, 3.8) is 0 Å². The summed E-state index contributed by atoms with van der Waals surface area (Å²) in [4.78, 5) is 31.4. The van der Waals surface area contributed by atoms with Gasteiger partial charge >= 0.3 is 0 Å². The topological polar surface area (TPSA) is 59.1 Å². The standard InChI is InChI=1S/C26H34N2O4/c1-2-27(15-17-5-6-22-23(11-17)32-16-31-22)24(29)21-4-3-7-28(21)25(30)26-12-18-8-19(13-26)10-20(9-18)14-26/h5-6,11,18-21H,2-4,7-10,12-16H2,1H3. The lowest BCUT2D eigenvalue weighted by molar-refractivity contribution is -0.162. The van der Waals surface area contributed by atoms with E-state index in [0.29, 0.717) is 19.0 Å². The van der Waals surface area contributed by atoms with Gasteiger partial charge in [0.2, 0.25) is 18.6 Å². The first-order chi connectivity index (χ1) is 15.5. The molecule has 0 spiro atoms. The van der Waals surface area contributed by atoms with E-state index >= 15 is 0 Å². The zero-order valence-corrected chi connectivity index (χ0v) is 19.1. The molecule has 1 aromatic carbocycles. The van der Waals surface area contributed by atoms with E-state index in [1.54, 1.807) is 0 Å². The molecule has 7 rings (SSSR count). The lowest BCUT2D eigenvalue weighted by Crippen LogP contribution is -2.57. The van der Waals surface area contributed by atoms with Crippen LogP contribution in [0.4, 0.5) is 0 Å². The maximum atomic E-state index is 13.9. The van der Waals surface area contributed by atoms with Crippen molar-refractivity contribution >= 4 is 11.8 Å². The fraction of sp³-hybridized carbons (Fsp3) is 0.692. The van der Waals surface area contributed by atoms with Crippen LogP contribution in [0.3, 0.4) is 0 Å². The summed E-state index contributed by atoms with van der Waals surface area (Å²) in [5.74, 6) is 4.10. The van der Waals surface area contributed by atoms with Gasteiger partial charge in [0.1, 0.15) is 6.04 Å². The summed E-state index contributed by atoms with van der Waals surface area (Å²) in [6.07, 6.45) is 8.87. The first-order valence-corrected chi connectivity index (χ1v) is 12.5. The number of nitrogens with zero attached hydrogens (tertiary/aromatic N) is 2. The maximum absolute atomic E-state index is 13.9. The minimum Gasteiger partial charge on any atom is -0.454 e. The van der Waals surface area contributed by atoms with Crippen LogP contribution in [0, 0.1) is 23.2 Å². The number of amides is 2. The van der Waals surface area contributed by atoms with Gasteiger partial charge in [-0.05, 0) is 93.7 Å². The normalized spacial score (nSPS) is 34.2. The molecule has 6 aliphatic rings. The molecule has 1 atom stereocenters. The van der Waals surface area contributed by atoms with E-state index in [2.05, 4.69) is 0 Å². The van der Waals surface area contributed by atoms with Crippen LogP contribution in [0.2, 0.25) is 0 Å². The van der Waals surface area contributed by atoms with Crippen molar-refractivity contribution in [1.29, 1.82) is 0 Å². The molecule has 2 heterocycles. The molecule has 4 bridgehead atoms. The third-order valence-corrected chi connectivity index (χ3v) is 8.79. The van der Waals surface area contributed by atoms with Gasteiger partial charge in [0.25, 0.3) is 0 Å². The molecule has 6 heteroatoms. The van der Waals surface area contributed by atoms with Crippen molar-refractivity contribution in [2.45, 2.75) is 70.9 Å². The zero-order valence-electron chi connectivity index (χ0n) is 19.1. The van der Waals surface area contributed by atoms with Crippen LogP contribution in [-0.2, 0) is 16.1 Å². The number of likely N-dealkylation sites (tertiary alicyclic amines) is 1. The predicted octanol–water partition coefficient (Wildman–Crippen LogP) is 3.97. The summed E-state index contributed by atoms with van der Waals surface area (Å²) in [5.41, 5.74) is 0.854. The van der Waals surface area contributed by atoms with E-state index in [4.69, 9.17) is 9.47 Å². The van der Waals surface area contributed by atoms with Crippen molar-refractivity contribution in [2.24, 2.45) is 23.2 Å². The van der Waals surface area contributed by atoms with Crippen molar-refractivity contribution in [3.05, 3.63) is 23.8 Å². The van der Waals surface area contributed by atoms with Crippen molar-refractivity contribution in [2.75, 3.05) is 19.9 Å². The lowest BCUT2D eigenvalue weighted by Gasteiger charge is -2.56. The second kappa shape index (κ2) is 7.67. The largest absolute Gasteiger partial charge is 0.454 e. The Morgan fingerprint density at radius 1 is 1.06 bits per heavy atom. The molecule has 1 aromatic rings. The Kier molecular flexibility index (Phi) is 4.88. The molecule has 2 aliphatic heterocycles. The van der Waals surface area contributed by atoms with E-state index in [1.807, 2.05) is 34.9 Å². The first kappa shape index (κ1) is 20.4. The fourth-order valence-electron chi connectivity index (χ4n) is 7.76. The van der Waals surface area contributed by atoms with E-state index in [9.17, 15) is 9.59 Å².